The molecule has 17 heavy (non-hydrogen) atoms. The third-order valence-corrected chi connectivity index (χ3v) is 3.01. The van der Waals surface area contributed by atoms with E-state index in [1.165, 1.54) is 12.1 Å². The number of thiophene rings is 1. The van der Waals surface area contributed by atoms with Gasteiger partial charge in [-0.05, 0) is 40.6 Å². The van der Waals surface area contributed by atoms with E-state index in [9.17, 15) is 9.18 Å². The van der Waals surface area contributed by atoms with Crippen molar-refractivity contribution in [1.82, 2.24) is 0 Å². The SMILES string of the molecule is O=C(O)c1cc(NCc2ccsc2)ccc1F. The van der Waals surface area contributed by atoms with E-state index in [-0.39, 0.29) is 5.56 Å². The van der Waals surface area contributed by atoms with Gasteiger partial charge in [0.15, 0.2) is 0 Å². The molecule has 0 radical (unpaired) electrons. The van der Waals surface area contributed by atoms with Gasteiger partial charge in [-0.2, -0.15) is 11.3 Å². The van der Waals surface area contributed by atoms with Crippen molar-refractivity contribution in [2.75, 3.05) is 5.32 Å². The number of hydrogen-bond acceptors (Lipinski definition) is 3. The van der Waals surface area contributed by atoms with Crippen LogP contribution in [0, 0.1) is 5.82 Å². The van der Waals surface area contributed by atoms with Crippen LogP contribution < -0.4 is 5.32 Å². The summed E-state index contributed by atoms with van der Waals surface area (Å²) in [6, 6.07) is 5.94. The Morgan fingerprint density at radius 3 is 2.88 bits per heavy atom. The number of rotatable bonds is 4. The van der Waals surface area contributed by atoms with Crippen molar-refractivity contribution in [2.24, 2.45) is 0 Å². The minimum atomic E-state index is -1.26. The number of carboxylic acids is 1. The van der Waals surface area contributed by atoms with Gasteiger partial charge < -0.3 is 10.4 Å². The summed E-state index contributed by atoms with van der Waals surface area (Å²) in [7, 11) is 0. The average molecular weight is 251 g/mol. The van der Waals surface area contributed by atoms with Gasteiger partial charge in [0.25, 0.3) is 0 Å². The number of carboxylic acid groups (broad SMARTS) is 1. The molecule has 2 rings (SSSR count). The molecule has 1 aromatic heterocycles. The molecule has 5 heteroatoms. The predicted molar refractivity (Wildman–Crippen MR) is 65.0 cm³/mol. The van der Waals surface area contributed by atoms with Gasteiger partial charge in [0.1, 0.15) is 5.82 Å². The molecule has 0 saturated carbocycles. The lowest BCUT2D eigenvalue weighted by Gasteiger charge is -2.06. The Hall–Kier alpha value is -1.88. The Labute approximate surface area is 102 Å². The molecule has 0 bridgehead atoms. The number of nitrogens with one attached hydrogen (secondary N) is 1. The van der Waals surface area contributed by atoms with Crippen LogP contribution in [0.1, 0.15) is 15.9 Å². The highest BCUT2D eigenvalue weighted by Crippen LogP contribution is 2.16. The van der Waals surface area contributed by atoms with E-state index in [0.29, 0.717) is 12.2 Å². The van der Waals surface area contributed by atoms with Crippen LogP contribution >= 0.6 is 11.3 Å². The fraction of sp³-hybridized carbons (Fsp3) is 0.0833. The third kappa shape index (κ3) is 2.82. The molecule has 88 valence electrons. The molecule has 1 heterocycles. The molecule has 0 aliphatic heterocycles. The fourth-order valence-electron chi connectivity index (χ4n) is 1.40. The van der Waals surface area contributed by atoms with E-state index < -0.39 is 11.8 Å². The Kier molecular flexibility index (Phi) is 3.39. The molecule has 0 unspecified atom stereocenters. The zero-order valence-electron chi connectivity index (χ0n) is 8.81. The van der Waals surface area contributed by atoms with Crippen molar-refractivity contribution in [1.29, 1.82) is 0 Å². The highest BCUT2D eigenvalue weighted by atomic mass is 32.1. The summed E-state index contributed by atoms with van der Waals surface area (Å²) in [4.78, 5) is 10.7. The molecule has 0 atom stereocenters. The molecule has 2 aromatic rings. The first-order chi connectivity index (χ1) is 8.16. The number of benzene rings is 1. The number of carbonyl (C=O) groups is 1. The molecule has 1 aromatic carbocycles. The third-order valence-electron chi connectivity index (χ3n) is 2.27. The van der Waals surface area contributed by atoms with Gasteiger partial charge in [0, 0.05) is 12.2 Å². The molecule has 0 spiro atoms. The van der Waals surface area contributed by atoms with Gasteiger partial charge in [-0.3, -0.25) is 0 Å². The topological polar surface area (TPSA) is 49.3 Å². The fourth-order valence-corrected chi connectivity index (χ4v) is 2.07. The summed E-state index contributed by atoms with van der Waals surface area (Å²) in [6.07, 6.45) is 0. The van der Waals surface area contributed by atoms with Crippen LogP contribution in [0.5, 0.6) is 0 Å². The smallest absolute Gasteiger partial charge is 0.338 e. The summed E-state index contributed by atoms with van der Waals surface area (Å²) in [6.45, 7) is 0.591. The van der Waals surface area contributed by atoms with E-state index in [4.69, 9.17) is 5.11 Å². The lowest BCUT2D eigenvalue weighted by molar-refractivity contribution is 0.0692. The normalized spacial score (nSPS) is 10.2. The van der Waals surface area contributed by atoms with Crippen LogP contribution in [0.2, 0.25) is 0 Å². The van der Waals surface area contributed by atoms with Crippen LogP contribution in [0.15, 0.2) is 35.0 Å². The van der Waals surface area contributed by atoms with E-state index in [0.717, 1.165) is 11.6 Å². The Bertz CT molecular complexity index is 525. The minimum Gasteiger partial charge on any atom is -0.478 e. The molecule has 3 nitrogen and oxygen atoms in total. The van der Waals surface area contributed by atoms with Gasteiger partial charge >= 0.3 is 5.97 Å². The maximum absolute atomic E-state index is 13.1. The first-order valence-corrected chi connectivity index (χ1v) is 5.89. The number of aromatic carboxylic acids is 1. The zero-order chi connectivity index (χ0) is 12.3. The quantitative estimate of drug-likeness (QED) is 0.877. The van der Waals surface area contributed by atoms with Crippen LogP contribution in [-0.2, 0) is 6.54 Å². The first kappa shape index (κ1) is 11.6. The second kappa shape index (κ2) is 4.97. The monoisotopic (exact) mass is 251 g/mol. The van der Waals surface area contributed by atoms with E-state index in [1.807, 2.05) is 16.8 Å². The van der Waals surface area contributed by atoms with Crippen LogP contribution in [0.3, 0.4) is 0 Å². The van der Waals surface area contributed by atoms with Crippen LogP contribution in [0.4, 0.5) is 10.1 Å². The minimum absolute atomic E-state index is 0.319. The molecule has 0 fully saturated rings. The molecule has 0 aliphatic carbocycles. The summed E-state index contributed by atoms with van der Waals surface area (Å²) in [5.74, 6) is -1.99. The van der Waals surface area contributed by atoms with Crippen molar-refractivity contribution in [2.45, 2.75) is 6.54 Å². The summed E-state index contributed by atoms with van der Waals surface area (Å²) in [5.41, 5.74) is 1.38. The Morgan fingerprint density at radius 2 is 2.24 bits per heavy atom. The standard InChI is InChI=1S/C12H10FNO2S/c13-11-2-1-9(5-10(11)12(15)16)14-6-8-3-4-17-7-8/h1-5,7,14H,6H2,(H,15,16). The van der Waals surface area contributed by atoms with Crippen molar-refractivity contribution in [3.8, 4) is 0 Å². The molecule has 2 N–H and O–H groups in total. The Morgan fingerprint density at radius 1 is 1.41 bits per heavy atom. The predicted octanol–water partition coefficient (Wildman–Crippen LogP) is 3.20. The van der Waals surface area contributed by atoms with Gasteiger partial charge in [0.05, 0.1) is 5.56 Å². The second-order valence-corrected chi connectivity index (χ2v) is 4.26. The van der Waals surface area contributed by atoms with E-state index in [2.05, 4.69) is 5.32 Å². The van der Waals surface area contributed by atoms with Crippen LogP contribution in [0.25, 0.3) is 0 Å². The second-order valence-electron chi connectivity index (χ2n) is 3.48. The summed E-state index contributed by atoms with van der Waals surface area (Å²) < 4.78 is 13.1. The Balaban J connectivity index is 2.11. The molecular weight excluding hydrogens is 241 g/mol. The first-order valence-electron chi connectivity index (χ1n) is 4.94. The van der Waals surface area contributed by atoms with Crippen molar-refractivity contribution < 1.29 is 14.3 Å². The molecule has 0 aliphatic rings. The molecule has 0 amide bonds. The largest absolute Gasteiger partial charge is 0.478 e. The highest BCUT2D eigenvalue weighted by molar-refractivity contribution is 7.07. The number of hydrogen-bond donors (Lipinski definition) is 2. The lowest BCUT2D eigenvalue weighted by atomic mass is 10.2. The molecule has 0 saturated heterocycles. The number of anilines is 1. The highest BCUT2D eigenvalue weighted by Gasteiger charge is 2.10. The zero-order valence-corrected chi connectivity index (χ0v) is 9.63. The van der Waals surface area contributed by atoms with E-state index >= 15 is 0 Å². The van der Waals surface area contributed by atoms with Gasteiger partial charge in [-0.15, -0.1) is 0 Å². The number of halogens is 1. The average Bonchev–Trinajstić information content (AvgIpc) is 2.80. The van der Waals surface area contributed by atoms with Crippen molar-refractivity contribution in [3.05, 3.63) is 52.0 Å². The maximum atomic E-state index is 13.1. The summed E-state index contributed by atoms with van der Waals surface area (Å²) in [5, 5.41) is 15.8. The van der Waals surface area contributed by atoms with Crippen LogP contribution in [-0.4, -0.2) is 11.1 Å². The lowest BCUT2D eigenvalue weighted by Crippen LogP contribution is -2.03. The van der Waals surface area contributed by atoms with Gasteiger partial charge in [-0.1, -0.05) is 0 Å². The maximum Gasteiger partial charge on any atom is 0.338 e. The van der Waals surface area contributed by atoms with Crippen molar-refractivity contribution >= 4 is 23.0 Å². The summed E-state index contributed by atoms with van der Waals surface area (Å²) >= 11 is 1.59. The van der Waals surface area contributed by atoms with Gasteiger partial charge in [0.2, 0.25) is 0 Å². The van der Waals surface area contributed by atoms with Crippen molar-refractivity contribution in [3.63, 3.8) is 0 Å². The van der Waals surface area contributed by atoms with Gasteiger partial charge in [-0.25, -0.2) is 9.18 Å². The van der Waals surface area contributed by atoms with E-state index in [1.54, 1.807) is 11.3 Å². The molecular formula is C12H10FNO2S.